The van der Waals surface area contributed by atoms with Crippen LogP contribution in [-0.2, 0) is 4.79 Å². The van der Waals surface area contributed by atoms with E-state index >= 15 is 0 Å². The number of carbonyl (C=O) groups is 1. The summed E-state index contributed by atoms with van der Waals surface area (Å²) in [6.45, 7) is 2.55. The van der Waals surface area contributed by atoms with Crippen LogP contribution in [0.5, 0.6) is 5.75 Å². The Morgan fingerprint density at radius 1 is 1.17 bits per heavy atom. The number of benzene rings is 2. The maximum Gasteiger partial charge on any atom is 0.228 e. The number of methoxy groups -OCH3 is 1. The maximum atomic E-state index is 12.1. The third-order valence-electron chi connectivity index (χ3n) is 3.51. The fourth-order valence-electron chi connectivity index (χ4n) is 2.31. The second-order valence-corrected chi connectivity index (χ2v) is 5.23. The molecule has 0 saturated heterocycles. The first-order valence-electron chi connectivity index (χ1n) is 7.34. The molecule has 0 saturated carbocycles. The molecule has 0 aliphatic rings. The second-order valence-electron chi connectivity index (χ2n) is 5.23. The van der Waals surface area contributed by atoms with Crippen LogP contribution in [0.2, 0.25) is 0 Å². The van der Waals surface area contributed by atoms with E-state index in [1.54, 1.807) is 7.11 Å². The quantitative estimate of drug-likeness (QED) is 0.849. The second kappa shape index (κ2) is 9.18. The first kappa shape index (κ1) is 19.0. The number of para-hydroxylation sites is 1. The Morgan fingerprint density at radius 3 is 2.61 bits per heavy atom. The highest BCUT2D eigenvalue weighted by atomic mass is 35.5. The zero-order valence-corrected chi connectivity index (χ0v) is 14.4. The molecular formula is C18H23ClN2O2. The summed E-state index contributed by atoms with van der Waals surface area (Å²) >= 11 is 0. The highest BCUT2D eigenvalue weighted by molar-refractivity contribution is 5.93. The minimum absolute atomic E-state index is 0. The van der Waals surface area contributed by atoms with Crippen LogP contribution in [0.4, 0.5) is 5.69 Å². The van der Waals surface area contributed by atoms with E-state index in [1.807, 2.05) is 62.5 Å². The first-order valence-corrected chi connectivity index (χ1v) is 7.34. The largest absolute Gasteiger partial charge is 0.496 e. The van der Waals surface area contributed by atoms with Crippen LogP contribution in [0.25, 0.3) is 11.1 Å². The summed E-state index contributed by atoms with van der Waals surface area (Å²) in [5, 5.41) is 5.96. The minimum atomic E-state index is -0.0834. The van der Waals surface area contributed by atoms with Gasteiger partial charge < -0.3 is 15.4 Å². The molecule has 0 bridgehead atoms. The van der Waals surface area contributed by atoms with E-state index in [1.165, 1.54) is 0 Å². The van der Waals surface area contributed by atoms with Crippen LogP contribution in [0.1, 0.15) is 6.92 Å². The molecule has 2 N–H and O–H groups in total. The molecule has 1 atom stereocenters. The molecule has 0 aromatic heterocycles. The van der Waals surface area contributed by atoms with Gasteiger partial charge in [0.2, 0.25) is 5.91 Å². The van der Waals surface area contributed by atoms with Crippen LogP contribution < -0.4 is 15.4 Å². The molecule has 1 amide bonds. The predicted octanol–water partition coefficient (Wildman–Crippen LogP) is 3.58. The van der Waals surface area contributed by atoms with Gasteiger partial charge in [-0.2, -0.15) is 0 Å². The third kappa shape index (κ3) is 4.98. The Balaban J connectivity index is 0.00000264. The number of ether oxygens (including phenoxy) is 1. The molecule has 5 heteroatoms. The number of amides is 1. The molecule has 0 radical (unpaired) electrons. The molecule has 4 nitrogen and oxygen atoms in total. The summed E-state index contributed by atoms with van der Waals surface area (Å²) in [4.78, 5) is 12.1. The molecule has 2 rings (SSSR count). The number of hydrogen-bond acceptors (Lipinski definition) is 3. The van der Waals surface area contributed by atoms with Gasteiger partial charge in [0.15, 0.2) is 0 Å². The Kier molecular flexibility index (Phi) is 7.59. The summed E-state index contributed by atoms with van der Waals surface area (Å²) in [6.07, 6.45) is 0. The molecule has 0 fully saturated rings. The molecule has 23 heavy (non-hydrogen) atoms. The van der Waals surface area contributed by atoms with Crippen molar-refractivity contribution in [3.05, 3.63) is 48.5 Å². The number of hydrogen-bond donors (Lipinski definition) is 2. The van der Waals surface area contributed by atoms with Gasteiger partial charge in [0.1, 0.15) is 5.75 Å². The van der Waals surface area contributed by atoms with E-state index in [0.717, 1.165) is 22.6 Å². The normalized spacial score (nSPS) is 11.3. The highest BCUT2D eigenvalue weighted by Gasteiger charge is 2.12. The van der Waals surface area contributed by atoms with Gasteiger partial charge in [-0.25, -0.2) is 0 Å². The van der Waals surface area contributed by atoms with Crippen molar-refractivity contribution in [3.8, 4) is 16.9 Å². The molecule has 2 aromatic rings. The summed E-state index contributed by atoms with van der Waals surface area (Å²) in [5.41, 5.74) is 2.80. The van der Waals surface area contributed by atoms with Gasteiger partial charge in [0.25, 0.3) is 0 Å². The number of nitrogens with one attached hydrogen (secondary N) is 2. The molecular weight excluding hydrogens is 312 g/mol. The molecule has 0 aliphatic heterocycles. The van der Waals surface area contributed by atoms with Crippen LogP contribution in [0.3, 0.4) is 0 Å². The standard InChI is InChI=1S/C18H22N2O2.ClH/c1-13(12-19-2)18(21)20-15-8-6-7-14(11-15)16-9-4-5-10-17(16)22-3;/h4-11,13,19H,12H2,1-3H3,(H,20,21);1H. The number of anilines is 1. The number of carbonyl (C=O) groups excluding carboxylic acids is 1. The van der Waals surface area contributed by atoms with Crippen LogP contribution in [-0.4, -0.2) is 26.6 Å². The average molecular weight is 335 g/mol. The van der Waals surface area contributed by atoms with Crippen molar-refractivity contribution >= 4 is 24.0 Å². The van der Waals surface area contributed by atoms with Crippen LogP contribution >= 0.6 is 12.4 Å². The van der Waals surface area contributed by atoms with E-state index in [2.05, 4.69) is 10.6 Å². The Hall–Kier alpha value is -2.04. The van der Waals surface area contributed by atoms with E-state index < -0.39 is 0 Å². The van der Waals surface area contributed by atoms with Gasteiger partial charge in [-0.1, -0.05) is 37.3 Å². The Labute approximate surface area is 143 Å². The summed E-state index contributed by atoms with van der Waals surface area (Å²) in [6, 6.07) is 15.6. The molecule has 1 unspecified atom stereocenters. The van der Waals surface area contributed by atoms with Crippen molar-refractivity contribution in [1.29, 1.82) is 0 Å². The zero-order chi connectivity index (χ0) is 15.9. The summed E-state index contributed by atoms with van der Waals surface area (Å²) in [5.74, 6) is 0.737. The monoisotopic (exact) mass is 334 g/mol. The predicted molar refractivity (Wildman–Crippen MR) is 97.4 cm³/mol. The highest BCUT2D eigenvalue weighted by Crippen LogP contribution is 2.31. The average Bonchev–Trinajstić information content (AvgIpc) is 2.55. The Bertz CT molecular complexity index is 646. The van der Waals surface area contributed by atoms with Gasteiger partial charge in [-0.3, -0.25) is 4.79 Å². The number of halogens is 1. The van der Waals surface area contributed by atoms with Crippen molar-refractivity contribution < 1.29 is 9.53 Å². The van der Waals surface area contributed by atoms with Crippen LogP contribution in [0.15, 0.2) is 48.5 Å². The van der Waals surface area contributed by atoms with Gasteiger partial charge in [-0.15, -0.1) is 12.4 Å². The summed E-state index contributed by atoms with van der Waals surface area (Å²) < 4.78 is 5.40. The van der Waals surface area contributed by atoms with Crippen LogP contribution in [0, 0.1) is 5.92 Å². The first-order chi connectivity index (χ1) is 10.7. The van der Waals surface area contributed by atoms with Gasteiger partial charge in [0, 0.05) is 23.7 Å². The fraction of sp³-hybridized carbons (Fsp3) is 0.278. The van der Waals surface area contributed by atoms with Gasteiger partial charge >= 0.3 is 0 Å². The molecule has 0 spiro atoms. The van der Waals surface area contributed by atoms with Gasteiger partial charge in [0.05, 0.1) is 7.11 Å². The van der Waals surface area contributed by atoms with Gasteiger partial charge in [-0.05, 0) is 30.8 Å². The minimum Gasteiger partial charge on any atom is -0.496 e. The van der Waals surface area contributed by atoms with Crippen molar-refractivity contribution in [3.63, 3.8) is 0 Å². The lowest BCUT2D eigenvalue weighted by Gasteiger charge is -2.13. The fourth-order valence-corrected chi connectivity index (χ4v) is 2.31. The van der Waals surface area contributed by atoms with Crippen molar-refractivity contribution in [2.24, 2.45) is 5.92 Å². The van der Waals surface area contributed by atoms with E-state index in [4.69, 9.17) is 4.74 Å². The SMILES string of the molecule is CNCC(C)C(=O)Nc1cccc(-c2ccccc2OC)c1.Cl. The lowest BCUT2D eigenvalue weighted by molar-refractivity contribution is -0.119. The van der Waals surface area contributed by atoms with E-state index in [0.29, 0.717) is 6.54 Å². The van der Waals surface area contributed by atoms with E-state index in [9.17, 15) is 4.79 Å². The van der Waals surface area contributed by atoms with Crippen molar-refractivity contribution in [1.82, 2.24) is 5.32 Å². The van der Waals surface area contributed by atoms with Crippen molar-refractivity contribution in [2.45, 2.75) is 6.92 Å². The van der Waals surface area contributed by atoms with E-state index in [-0.39, 0.29) is 24.2 Å². The molecule has 2 aromatic carbocycles. The zero-order valence-electron chi connectivity index (χ0n) is 13.6. The number of rotatable bonds is 6. The smallest absolute Gasteiger partial charge is 0.228 e. The third-order valence-corrected chi connectivity index (χ3v) is 3.51. The maximum absolute atomic E-state index is 12.1. The lowest BCUT2D eigenvalue weighted by atomic mass is 10.0. The Morgan fingerprint density at radius 2 is 1.91 bits per heavy atom. The molecule has 0 heterocycles. The molecule has 124 valence electrons. The topological polar surface area (TPSA) is 50.4 Å². The molecule has 0 aliphatic carbocycles. The lowest BCUT2D eigenvalue weighted by Crippen LogP contribution is -2.28. The summed E-state index contributed by atoms with van der Waals surface area (Å²) in [7, 11) is 3.50. The van der Waals surface area contributed by atoms with Crippen molar-refractivity contribution in [2.75, 3.05) is 26.0 Å².